The quantitative estimate of drug-likeness (QED) is 0.675. The molecule has 2 heterocycles. The van der Waals surface area contributed by atoms with Crippen LogP contribution < -0.4 is 15.4 Å². The molecule has 0 aromatic heterocycles. The molecule has 0 saturated carbocycles. The Bertz CT molecular complexity index is 1240. The summed E-state index contributed by atoms with van der Waals surface area (Å²) in [6, 6.07) is 6.63. The van der Waals surface area contributed by atoms with Crippen molar-refractivity contribution in [3.05, 3.63) is 46.7 Å². The molecular weight excluding hydrogens is 473 g/mol. The largest absolute Gasteiger partial charge is 0.479 e. The van der Waals surface area contributed by atoms with Gasteiger partial charge in [-0.1, -0.05) is 11.6 Å². The Balaban J connectivity index is 1.54. The van der Waals surface area contributed by atoms with Crippen molar-refractivity contribution < 1.29 is 27.1 Å². The minimum absolute atomic E-state index is 0.00248. The fourth-order valence-corrected chi connectivity index (χ4v) is 5.92. The molecular formula is C22H23ClFN3O5S. The van der Waals surface area contributed by atoms with Gasteiger partial charge < -0.3 is 15.4 Å². The van der Waals surface area contributed by atoms with E-state index in [2.05, 4.69) is 10.6 Å². The fraction of sp³-hybridized carbons (Fsp3) is 0.364. The maximum absolute atomic E-state index is 13.4. The standard InChI is InChI=1S/C22H23ClFN3O5S/c1-12-8-18-19(32-13(2)21(28)26-18)10-20(12)33(30,31)27-7-3-4-14(11-27)22(29)25-17-6-5-15(24)9-16(17)23/h5-6,8-10,13-14H,3-4,7,11H2,1-2H3,(H,25,29)(H,26,28). The van der Waals surface area contributed by atoms with Gasteiger partial charge in [-0.15, -0.1) is 0 Å². The van der Waals surface area contributed by atoms with E-state index in [-0.39, 0.29) is 46.3 Å². The van der Waals surface area contributed by atoms with Crippen LogP contribution in [-0.2, 0) is 19.6 Å². The molecule has 2 atom stereocenters. The molecule has 2 amide bonds. The molecule has 2 aromatic rings. The van der Waals surface area contributed by atoms with Gasteiger partial charge in [0.15, 0.2) is 6.10 Å². The first-order valence-corrected chi connectivity index (χ1v) is 12.3. The highest BCUT2D eigenvalue weighted by Crippen LogP contribution is 2.36. The van der Waals surface area contributed by atoms with Crippen molar-refractivity contribution in [1.29, 1.82) is 0 Å². The third-order valence-corrected chi connectivity index (χ3v) is 8.09. The predicted molar refractivity (Wildman–Crippen MR) is 121 cm³/mol. The molecule has 2 aromatic carbocycles. The van der Waals surface area contributed by atoms with Gasteiger partial charge >= 0.3 is 0 Å². The van der Waals surface area contributed by atoms with Crippen LogP contribution in [0.2, 0.25) is 5.02 Å². The third kappa shape index (κ3) is 4.68. The Morgan fingerprint density at radius 1 is 1.30 bits per heavy atom. The second-order valence-electron chi connectivity index (χ2n) is 8.18. The van der Waals surface area contributed by atoms with E-state index >= 15 is 0 Å². The molecule has 1 fully saturated rings. The number of hydrogen-bond donors (Lipinski definition) is 2. The number of hydrogen-bond acceptors (Lipinski definition) is 5. The summed E-state index contributed by atoms with van der Waals surface area (Å²) in [7, 11) is -3.93. The van der Waals surface area contributed by atoms with Gasteiger partial charge in [-0.25, -0.2) is 12.8 Å². The number of piperidine rings is 1. The molecule has 0 bridgehead atoms. The van der Waals surface area contributed by atoms with Gasteiger partial charge in [0, 0.05) is 19.2 Å². The molecule has 33 heavy (non-hydrogen) atoms. The number of aryl methyl sites for hydroxylation is 1. The molecule has 0 aliphatic carbocycles. The first-order chi connectivity index (χ1) is 15.6. The highest BCUT2D eigenvalue weighted by molar-refractivity contribution is 7.89. The van der Waals surface area contributed by atoms with Gasteiger partial charge in [0.05, 0.1) is 27.2 Å². The third-order valence-electron chi connectivity index (χ3n) is 5.77. The van der Waals surface area contributed by atoms with Crippen LogP contribution in [0.5, 0.6) is 5.75 Å². The zero-order valence-corrected chi connectivity index (χ0v) is 19.6. The molecule has 11 heteroatoms. The number of carbonyl (C=O) groups excluding carboxylic acids is 2. The normalized spacial score (nSPS) is 21.0. The van der Waals surface area contributed by atoms with Crippen molar-refractivity contribution in [3.8, 4) is 5.75 Å². The number of nitrogens with one attached hydrogen (secondary N) is 2. The average molecular weight is 496 g/mol. The van der Waals surface area contributed by atoms with E-state index in [0.29, 0.717) is 24.1 Å². The summed E-state index contributed by atoms with van der Waals surface area (Å²) in [4.78, 5) is 24.7. The van der Waals surface area contributed by atoms with Gasteiger partial charge in [-0.2, -0.15) is 4.31 Å². The van der Waals surface area contributed by atoms with Gasteiger partial charge in [-0.3, -0.25) is 9.59 Å². The number of nitrogens with zero attached hydrogens (tertiary/aromatic N) is 1. The molecule has 176 valence electrons. The van der Waals surface area contributed by atoms with Crippen LogP contribution in [0.3, 0.4) is 0 Å². The summed E-state index contributed by atoms with van der Waals surface area (Å²) < 4.78 is 47.0. The lowest BCUT2D eigenvalue weighted by Gasteiger charge is -2.32. The highest BCUT2D eigenvalue weighted by atomic mass is 35.5. The highest BCUT2D eigenvalue weighted by Gasteiger charge is 2.35. The smallest absolute Gasteiger partial charge is 0.265 e. The van der Waals surface area contributed by atoms with E-state index in [4.69, 9.17) is 16.3 Å². The summed E-state index contributed by atoms with van der Waals surface area (Å²) in [6.45, 7) is 3.49. The lowest BCUT2D eigenvalue weighted by atomic mass is 9.98. The summed E-state index contributed by atoms with van der Waals surface area (Å²) >= 11 is 5.99. The van der Waals surface area contributed by atoms with E-state index < -0.39 is 27.9 Å². The number of fused-ring (bicyclic) bond motifs is 1. The summed E-state index contributed by atoms with van der Waals surface area (Å²) in [5, 5.41) is 5.43. The number of carbonyl (C=O) groups is 2. The first-order valence-electron chi connectivity index (χ1n) is 10.4. The Morgan fingerprint density at radius 2 is 2.06 bits per heavy atom. The van der Waals surface area contributed by atoms with Gasteiger partial charge in [0.2, 0.25) is 15.9 Å². The van der Waals surface area contributed by atoms with Crippen LogP contribution in [-0.4, -0.2) is 43.7 Å². The van der Waals surface area contributed by atoms with Crippen LogP contribution >= 0.6 is 11.6 Å². The van der Waals surface area contributed by atoms with Crippen LogP contribution in [0.4, 0.5) is 15.8 Å². The average Bonchev–Trinajstić information content (AvgIpc) is 2.76. The minimum Gasteiger partial charge on any atom is -0.479 e. The summed E-state index contributed by atoms with van der Waals surface area (Å²) in [6.07, 6.45) is 0.270. The zero-order chi connectivity index (χ0) is 23.9. The van der Waals surface area contributed by atoms with E-state index in [1.165, 1.54) is 22.5 Å². The number of ether oxygens (including phenoxy) is 1. The maximum atomic E-state index is 13.4. The number of benzene rings is 2. The number of rotatable bonds is 4. The zero-order valence-electron chi connectivity index (χ0n) is 18.0. The van der Waals surface area contributed by atoms with E-state index in [1.807, 2.05) is 0 Å². The summed E-state index contributed by atoms with van der Waals surface area (Å²) in [5.74, 6) is -1.52. The Labute approximate surface area is 196 Å². The molecule has 4 rings (SSSR count). The molecule has 0 radical (unpaired) electrons. The van der Waals surface area contributed by atoms with E-state index in [0.717, 1.165) is 6.07 Å². The Hall–Kier alpha value is -2.69. The second-order valence-corrected chi connectivity index (χ2v) is 10.5. The van der Waals surface area contributed by atoms with Gasteiger partial charge in [0.25, 0.3) is 5.91 Å². The van der Waals surface area contributed by atoms with Crippen LogP contribution in [0, 0.1) is 18.7 Å². The van der Waals surface area contributed by atoms with Crippen LogP contribution in [0.25, 0.3) is 0 Å². The molecule has 0 spiro atoms. The van der Waals surface area contributed by atoms with Crippen molar-refractivity contribution in [1.82, 2.24) is 4.31 Å². The lowest BCUT2D eigenvalue weighted by Crippen LogP contribution is -2.44. The monoisotopic (exact) mass is 495 g/mol. The van der Waals surface area contributed by atoms with Crippen molar-refractivity contribution in [2.75, 3.05) is 23.7 Å². The number of amides is 2. The topological polar surface area (TPSA) is 105 Å². The molecule has 2 unspecified atom stereocenters. The second kappa shape index (κ2) is 8.92. The SMILES string of the molecule is Cc1cc2c(cc1S(=O)(=O)N1CCCC(C(=O)Nc3ccc(F)cc3Cl)C1)OC(C)C(=O)N2. The van der Waals surface area contributed by atoms with Gasteiger partial charge in [0.1, 0.15) is 11.6 Å². The van der Waals surface area contributed by atoms with Crippen molar-refractivity contribution >= 4 is 44.8 Å². The van der Waals surface area contributed by atoms with Gasteiger partial charge in [-0.05, 0) is 56.5 Å². The number of anilines is 2. The molecule has 2 N–H and O–H groups in total. The molecule has 1 saturated heterocycles. The fourth-order valence-electron chi connectivity index (χ4n) is 3.96. The predicted octanol–water partition coefficient (Wildman–Crippen LogP) is 3.55. The van der Waals surface area contributed by atoms with Crippen molar-refractivity contribution in [3.63, 3.8) is 0 Å². The molecule has 2 aliphatic rings. The van der Waals surface area contributed by atoms with Crippen molar-refractivity contribution in [2.45, 2.75) is 37.7 Å². The Kier molecular flexibility index (Phi) is 6.35. The van der Waals surface area contributed by atoms with E-state index in [9.17, 15) is 22.4 Å². The molecule has 8 nitrogen and oxygen atoms in total. The van der Waals surface area contributed by atoms with Crippen LogP contribution in [0.15, 0.2) is 35.2 Å². The summed E-state index contributed by atoms with van der Waals surface area (Å²) in [5.41, 5.74) is 1.14. The first kappa shape index (κ1) is 23.5. The minimum atomic E-state index is -3.93. The lowest BCUT2D eigenvalue weighted by molar-refractivity contribution is -0.123. The van der Waals surface area contributed by atoms with E-state index in [1.54, 1.807) is 19.9 Å². The number of sulfonamides is 1. The maximum Gasteiger partial charge on any atom is 0.265 e. The molecule has 2 aliphatic heterocycles. The van der Waals surface area contributed by atoms with Crippen molar-refractivity contribution in [2.24, 2.45) is 5.92 Å². The number of halogens is 2. The van der Waals surface area contributed by atoms with Crippen LogP contribution in [0.1, 0.15) is 25.3 Å². The Morgan fingerprint density at radius 3 is 2.79 bits per heavy atom.